The van der Waals surface area contributed by atoms with Gasteiger partial charge in [0, 0.05) is 24.1 Å². The van der Waals surface area contributed by atoms with Crippen molar-refractivity contribution in [3.05, 3.63) is 58.8 Å². The van der Waals surface area contributed by atoms with E-state index >= 15 is 4.39 Å². The SMILES string of the molecule is C#CCOc1cnc2c(Cc3cc(C(=O)OC)c(F)c([C@@]4(C)N=C(N)S[C@@]5(CO)C[C@H]54)c3)nccc2n1. The second-order valence-electron chi connectivity index (χ2n) is 9.18. The first-order chi connectivity index (χ1) is 17.7. The van der Waals surface area contributed by atoms with Crippen LogP contribution < -0.4 is 10.5 Å². The number of aliphatic hydroxyl groups is 1. The van der Waals surface area contributed by atoms with Gasteiger partial charge in [-0.3, -0.25) is 9.98 Å². The highest BCUT2D eigenvalue weighted by Gasteiger charge is 2.66. The fourth-order valence-corrected chi connectivity index (χ4v) is 6.35. The number of hydrogen-bond donors (Lipinski definition) is 2. The fourth-order valence-electron chi connectivity index (χ4n) is 5.01. The molecule has 11 heteroatoms. The Labute approximate surface area is 216 Å². The lowest BCUT2D eigenvalue weighted by Crippen LogP contribution is -2.37. The molecule has 3 aromatic rings. The summed E-state index contributed by atoms with van der Waals surface area (Å²) in [6.07, 6.45) is 9.14. The van der Waals surface area contributed by atoms with Crippen LogP contribution in [0.3, 0.4) is 0 Å². The van der Waals surface area contributed by atoms with Crippen molar-refractivity contribution in [2.45, 2.75) is 30.1 Å². The zero-order valence-electron chi connectivity index (χ0n) is 20.2. The van der Waals surface area contributed by atoms with Crippen LogP contribution >= 0.6 is 11.8 Å². The third-order valence-electron chi connectivity index (χ3n) is 6.89. The second-order valence-corrected chi connectivity index (χ2v) is 10.6. The van der Waals surface area contributed by atoms with E-state index in [1.165, 1.54) is 31.1 Å². The highest BCUT2D eigenvalue weighted by atomic mass is 32.2. The highest BCUT2D eigenvalue weighted by molar-refractivity contribution is 8.15. The van der Waals surface area contributed by atoms with Crippen LogP contribution in [-0.4, -0.2) is 56.3 Å². The monoisotopic (exact) mass is 521 g/mol. The van der Waals surface area contributed by atoms with Gasteiger partial charge < -0.3 is 20.3 Å². The lowest BCUT2D eigenvalue weighted by Gasteiger charge is -2.34. The van der Waals surface area contributed by atoms with E-state index in [9.17, 15) is 9.90 Å². The molecule has 0 saturated heterocycles. The molecule has 0 unspecified atom stereocenters. The molecule has 1 aliphatic carbocycles. The molecule has 190 valence electrons. The third kappa shape index (κ3) is 4.26. The van der Waals surface area contributed by atoms with E-state index in [0.29, 0.717) is 28.7 Å². The molecule has 3 N–H and O–H groups in total. The first-order valence-electron chi connectivity index (χ1n) is 11.5. The molecule has 0 amide bonds. The molecular weight excluding hydrogens is 497 g/mol. The number of amidine groups is 1. The number of nitrogens with zero attached hydrogens (tertiary/aromatic N) is 4. The Balaban J connectivity index is 1.60. The number of aliphatic imine (C=N–C) groups is 1. The molecule has 0 bridgehead atoms. The molecule has 3 heterocycles. The summed E-state index contributed by atoms with van der Waals surface area (Å²) < 4.78 is 25.6. The van der Waals surface area contributed by atoms with E-state index in [4.69, 9.17) is 21.6 Å². The average Bonchev–Trinajstić information content (AvgIpc) is 3.63. The molecule has 0 spiro atoms. The summed E-state index contributed by atoms with van der Waals surface area (Å²) in [6, 6.07) is 4.82. The van der Waals surface area contributed by atoms with Gasteiger partial charge in [-0.1, -0.05) is 17.7 Å². The zero-order valence-corrected chi connectivity index (χ0v) is 21.0. The molecule has 1 saturated carbocycles. The molecule has 1 fully saturated rings. The summed E-state index contributed by atoms with van der Waals surface area (Å²) >= 11 is 1.31. The molecular formula is C26H24FN5O4S. The van der Waals surface area contributed by atoms with Crippen molar-refractivity contribution in [2.75, 3.05) is 20.3 Å². The molecule has 1 aliphatic heterocycles. The van der Waals surface area contributed by atoms with Crippen LogP contribution in [0.2, 0.25) is 0 Å². The van der Waals surface area contributed by atoms with Gasteiger partial charge in [0.25, 0.3) is 0 Å². The standard InChI is InChI=1S/C26H24FN5O4S/c1-4-7-36-20-12-30-22-17(31-20)5-6-29-18(22)10-14-8-15(23(34)35-3)21(27)16(9-14)25(2)19-11-26(19,13-33)37-24(28)32-25/h1,5-6,8-9,12,19,33H,7,10-11,13H2,2-3H3,(H2,28,32)/t19-,25+,26+/m0/s1. The Morgan fingerprint density at radius 2 is 2.22 bits per heavy atom. The number of terminal acetylenes is 1. The number of aliphatic hydroxyl groups excluding tert-OH is 1. The molecule has 3 atom stereocenters. The first-order valence-corrected chi connectivity index (χ1v) is 12.3. The Hall–Kier alpha value is -3.75. The van der Waals surface area contributed by atoms with Crippen LogP contribution in [0, 0.1) is 24.1 Å². The summed E-state index contributed by atoms with van der Waals surface area (Å²) in [5.41, 5.74) is 7.30. The number of aromatic nitrogens is 3. The summed E-state index contributed by atoms with van der Waals surface area (Å²) in [4.78, 5) is 30.5. The number of halogens is 1. The minimum Gasteiger partial charge on any atom is -0.465 e. The molecule has 5 rings (SSSR count). The van der Waals surface area contributed by atoms with Gasteiger partial charge >= 0.3 is 5.97 Å². The molecule has 2 aliphatic rings. The number of benzene rings is 1. The van der Waals surface area contributed by atoms with E-state index in [1.807, 2.05) is 0 Å². The average molecular weight is 522 g/mol. The normalized spacial score (nSPS) is 24.1. The zero-order chi connectivity index (χ0) is 26.4. The van der Waals surface area contributed by atoms with Crippen molar-refractivity contribution in [1.82, 2.24) is 15.0 Å². The summed E-state index contributed by atoms with van der Waals surface area (Å²) in [5.74, 6) is 0.984. The number of fused-ring (bicyclic) bond motifs is 2. The van der Waals surface area contributed by atoms with Crippen LogP contribution in [0.5, 0.6) is 5.88 Å². The van der Waals surface area contributed by atoms with Gasteiger partial charge in [-0.15, -0.1) is 6.42 Å². The van der Waals surface area contributed by atoms with E-state index in [2.05, 4.69) is 25.9 Å². The van der Waals surface area contributed by atoms with Gasteiger partial charge in [0.2, 0.25) is 5.88 Å². The van der Waals surface area contributed by atoms with E-state index in [-0.39, 0.29) is 47.7 Å². The summed E-state index contributed by atoms with van der Waals surface area (Å²) in [7, 11) is 1.20. The molecule has 37 heavy (non-hydrogen) atoms. The minimum atomic E-state index is -1.07. The smallest absolute Gasteiger partial charge is 0.340 e. The number of rotatable bonds is 7. The van der Waals surface area contributed by atoms with Crippen LogP contribution in [-0.2, 0) is 16.7 Å². The third-order valence-corrected chi connectivity index (χ3v) is 8.18. The molecule has 1 aromatic carbocycles. The van der Waals surface area contributed by atoms with Gasteiger partial charge in [0.05, 0.1) is 47.0 Å². The van der Waals surface area contributed by atoms with Crippen molar-refractivity contribution in [1.29, 1.82) is 0 Å². The number of hydrogen-bond acceptors (Lipinski definition) is 10. The number of methoxy groups -OCH3 is 1. The predicted octanol–water partition coefficient (Wildman–Crippen LogP) is 2.58. The predicted molar refractivity (Wildman–Crippen MR) is 137 cm³/mol. The fraction of sp³-hybridized carbons (Fsp3) is 0.346. The number of ether oxygens (including phenoxy) is 2. The van der Waals surface area contributed by atoms with E-state index in [0.717, 1.165) is 0 Å². The van der Waals surface area contributed by atoms with Gasteiger partial charge in [-0.2, -0.15) is 0 Å². The van der Waals surface area contributed by atoms with Gasteiger partial charge in [-0.05, 0) is 37.1 Å². The maximum atomic E-state index is 15.9. The van der Waals surface area contributed by atoms with E-state index in [1.54, 1.807) is 25.3 Å². The Morgan fingerprint density at radius 1 is 1.41 bits per heavy atom. The Bertz CT molecular complexity index is 1490. The van der Waals surface area contributed by atoms with Crippen molar-refractivity contribution in [3.63, 3.8) is 0 Å². The van der Waals surface area contributed by atoms with Crippen molar-refractivity contribution in [3.8, 4) is 18.2 Å². The van der Waals surface area contributed by atoms with Gasteiger partial charge in [0.15, 0.2) is 11.8 Å². The number of pyridine rings is 1. The summed E-state index contributed by atoms with van der Waals surface area (Å²) in [5, 5.41) is 10.3. The Kier molecular flexibility index (Phi) is 6.25. The number of carbonyl (C=O) groups is 1. The maximum Gasteiger partial charge on any atom is 0.340 e. The maximum absolute atomic E-state index is 15.9. The molecule has 9 nitrogen and oxygen atoms in total. The number of nitrogens with two attached hydrogens (primary N) is 1. The van der Waals surface area contributed by atoms with Crippen LogP contribution in [0.1, 0.15) is 40.5 Å². The molecule has 0 radical (unpaired) electrons. The van der Waals surface area contributed by atoms with Crippen molar-refractivity contribution < 1.29 is 23.8 Å². The number of thioether (sulfide) groups is 1. The van der Waals surface area contributed by atoms with Gasteiger partial charge in [0.1, 0.15) is 11.3 Å². The quantitative estimate of drug-likeness (QED) is 0.355. The second kappa shape index (κ2) is 9.28. The highest BCUT2D eigenvalue weighted by Crippen LogP contribution is 2.65. The number of carbonyl (C=O) groups excluding carboxylic acids is 1. The Morgan fingerprint density at radius 3 is 2.95 bits per heavy atom. The summed E-state index contributed by atoms with van der Waals surface area (Å²) in [6.45, 7) is 1.74. The van der Waals surface area contributed by atoms with Crippen molar-refractivity contribution >= 4 is 33.9 Å². The molecule has 2 aromatic heterocycles. The lowest BCUT2D eigenvalue weighted by atomic mass is 9.83. The van der Waals surface area contributed by atoms with Crippen LogP contribution in [0.25, 0.3) is 11.0 Å². The lowest BCUT2D eigenvalue weighted by molar-refractivity contribution is 0.0594. The van der Waals surface area contributed by atoms with Crippen LogP contribution in [0.4, 0.5) is 4.39 Å². The van der Waals surface area contributed by atoms with Crippen LogP contribution in [0.15, 0.2) is 35.6 Å². The van der Waals surface area contributed by atoms with Gasteiger partial charge in [-0.25, -0.2) is 19.2 Å². The van der Waals surface area contributed by atoms with Crippen molar-refractivity contribution in [2.24, 2.45) is 16.6 Å². The number of esters is 1. The first kappa shape index (κ1) is 24.9. The minimum absolute atomic E-state index is 0.0651. The van der Waals surface area contributed by atoms with E-state index < -0.39 is 22.1 Å². The largest absolute Gasteiger partial charge is 0.465 e. The topological polar surface area (TPSA) is 133 Å².